The van der Waals surface area contributed by atoms with Crippen LogP contribution in [0.25, 0.3) is 0 Å². The minimum absolute atomic E-state index is 0.0467. The summed E-state index contributed by atoms with van der Waals surface area (Å²) in [4.78, 5) is 17.6. The molecule has 1 aliphatic heterocycles. The standard InChI is InChI=1S/C15H27N7/c1-15(2,3)20-13(16)17-7-8-21-9-11-22(12-10-21)14-18-5-4-6-19-14/h4-6H,7-12H2,1-3H3,(H3,16,17,20). The molecule has 2 heterocycles. The lowest BCUT2D eigenvalue weighted by Crippen LogP contribution is -2.48. The molecule has 1 saturated heterocycles. The maximum atomic E-state index is 5.87. The van der Waals surface area contributed by atoms with Gasteiger partial charge in [-0.3, -0.25) is 9.89 Å². The van der Waals surface area contributed by atoms with E-state index in [0.29, 0.717) is 5.96 Å². The Morgan fingerprint density at radius 3 is 2.45 bits per heavy atom. The minimum Gasteiger partial charge on any atom is -0.370 e. The number of nitrogens with two attached hydrogens (primary N) is 1. The molecule has 1 aromatic rings. The van der Waals surface area contributed by atoms with Crippen molar-refractivity contribution in [3.05, 3.63) is 18.5 Å². The predicted molar refractivity (Wildman–Crippen MR) is 90.1 cm³/mol. The van der Waals surface area contributed by atoms with E-state index in [1.807, 2.05) is 6.07 Å². The van der Waals surface area contributed by atoms with Gasteiger partial charge < -0.3 is 16.0 Å². The van der Waals surface area contributed by atoms with Crippen molar-refractivity contribution in [2.75, 3.05) is 44.2 Å². The second-order valence-electron chi connectivity index (χ2n) is 6.52. The van der Waals surface area contributed by atoms with Crippen LogP contribution in [0.15, 0.2) is 23.5 Å². The van der Waals surface area contributed by atoms with Gasteiger partial charge in [0.1, 0.15) is 0 Å². The molecule has 2 rings (SSSR count). The molecule has 0 aromatic carbocycles. The Balaban J connectivity index is 1.71. The zero-order valence-electron chi connectivity index (χ0n) is 13.8. The fourth-order valence-corrected chi connectivity index (χ4v) is 2.36. The van der Waals surface area contributed by atoms with Crippen LogP contribution < -0.4 is 16.0 Å². The molecule has 0 unspecified atom stereocenters. The van der Waals surface area contributed by atoms with E-state index in [-0.39, 0.29) is 5.54 Å². The summed E-state index contributed by atoms with van der Waals surface area (Å²) in [5.74, 6) is 1.34. The topological polar surface area (TPSA) is 82.7 Å². The van der Waals surface area contributed by atoms with Crippen LogP contribution in [-0.4, -0.2) is 65.6 Å². The molecule has 7 nitrogen and oxygen atoms in total. The van der Waals surface area contributed by atoms with E-state index in [1.165, 1.54) is 0 Å². The molecule has 122 valence electrons. The Labute approximate surface area is 132 Å². The summed E-state index contributed by atoms with van der Waals surface area (Å²) in [5.41, 5.74) is 5.82. The van der Waals surface area contributed by atoms with E-state index in [4.69, 9.17) is 5.73 Å². The molecule has 22 heavy (non-hydrogen) atoms. The normalized spacial score (nSPS) is 17.6. The van der Waals surface area contributed by atoms with Gasteiger partial charge >= 0.3 is 0 Å². The molecule has 0 radical (unpaired) electrons. The molecule has 1 fully saturated rings. The summed E-state index contributed by atoms with van der Waals surface area (Å²) in [6, 6.07) is 1.84. The highest BCUT2D eigenvalue weighted by atomic mass is 15.3. The average molecular weight is 305 g/mol. The highest BCUT2D eigenvalue weighted by Crippen LogP contribution is 2.09. The molecule has 0 saturated carbocycles. The summed E-state index contributed by atoms with van der Waals surface area (Å²) in [6.07, 6.45) is 3.57. The van der Waals surface area contributed by atoms with Crippen LogP contribution in [0.1, 0.15) is 20.8 Å². The van der Waals surface area contributed by atoms with Gasteiger partial charge in [-0.15, -0.1) is 0 Å². The van der Waals surface area contributed by atoms with Crippen molar-refractivity contribution < 1.29 is 0 Å². The van der Waals surface area contributed by atoms with Crippen molar-refractivity contribution >= 4 is 11.9 Å². The Bertz CT molecular complexity index is 472. The van der Waals surface area contributed by atoms with Crippen molar-refractivity contribution in [2.24, 2.45) is 10.7 Å². The van der Waals surface area contributed by atoms with Crippen molar-refractivity contribution in [2.45, 2.75) is 26.3 Å². The van der Waals surface area contributed by atoms with Crippen molar-refractivity contribution in [3.8, 4) is 0 Å². The number of rotatable bonds is 4. The monoisotopic (exact) mass is 305 g/mol. The molecule has 3 N–H and O–H groups in total. The smallest absolute Gasteiger partial charge is 0.225 e. The van der Waals surface area contributed by atoms with Crippen LogP contribution in [0.4, 0.5) is 5.95 Å². The van der Waals surface area contributed by atoms with E-state index in [0.717, 1.165) is 45.2 Å². The largest absolute Gasteiger partial charge is 0.370 e. The highest BCUT2D eigenvalue weighted by Gasteiger charge is 2.18. The van der Waals surface area contributed by atoms with E-state index >= 15 is 0 Å². The summed E-state index contributed by atoms with van der Waals surface area (Å²) in [6.45, 7) is 11.8. The van der Waals surface area contributed by atoms with Gasteiger partial charge in [-0.2, -0.15) is 0 Å². The number of guanidine groups is 1. The first-order chi connectivity index (χ1) is 10.4. The zero-order chi connectivity index (χ0) is 16.0. The molecule has 0 amide bonds. The first-order valence-electron chi connectivity index (χ1n) is 7.76. The van der Waals surface area contributed by atoms with Gasteiger partial charge in [-0.05, 0) is 26.8 Å². The van der Waals surface area contributed by atoms with Gasteiger partial charge in [0.2, 0.25) is 5.95 Å². The van der Waals surface area contributed by atoms with Gasteiger partial charge in [0.25, 0.3) is 0 Å². The number of aliphatic imine (C=N–C) groups is 1. The van der Waals surface area contributed by atoms with Gasteiger partial charge in [0.15, 0.2) is 5.96 Å². The fraction of sp³-hybridized carbons (Fsp3) is 0.667. The molecule has 0 aliphatic carbocycles. The SMILES string of the molecule is CC(C)(C)NC(N)=NCCN1CCN(c2ncccn2)CC1. The highest BCUT2D eigenvalue weighted by molar-refractivity contribution is 5.78. The Hall–Kier alpha value is -1.89. The average Bonchev–Trinajstić information content (AvgIpc) is 2.47. The van der Waals surface area contributed by atoms with Gasteiger partial charge in [-0.25, -0.2) is 9.97 Å². The molecule has 0 atom stereocenters. The van der Waals surface area contributed by atoms with E-state index in [9.17, 15) is 0 Å². The molecule has 1 aliphatic rings. The maximum Gasteiger partial charge on any atom is 0.225 e. The third kappa shape index (κ3) is 5.48. The van der Waals surface area contributed by atoms with Crippen LogP contribution >= 0.6 is 0 Å². The second kappa shape index (κ2) is 7.40. The fourth-order valence-electron chi connectivity index (χ4n) is 2.36. The lowest BCUT2D eigenvalue weighted by atomic mass is 10.1. The van der Waals surface area contributed by atoms with Crippen LogP contribution in [0.5, 0.6) is 0 Å². The minimum atomic E-state index is -0.0467. The maximum absolute atomic E-state index is 5.87. The summed E-state index contributed by atoms with van der Waals surface area (Å²) in [5, 5.41) is 3.17. The van der Waals surface area contributed by atoms with E-state index < -0.39 is 0 Å². The third-order valence-electron chi connectivity index (χ3n) is 3.41. The Morgan fingerprint density at radius 2 is 1.86 bits per heavy atom. The number of hydrogen-bond acceptors (Lipinski definition) is 5. The van der Waals surface area contributed by atoms with Crippen LogP contribution in [0.2, 0.25) is 0 Å². The molecular formula is C15H27N7. The zero-order valence-corrected chi connectivity index (χ0v) is 13.8. The van der Waals surface area contributed by atoms with Crippen LogP contribution in [0, 0.1) is 0 Å². The number of hydrogen-bond donors (Lipinski definition) is 2. The molecule has 0 bridgehead atoms. The molecule has 0 spiro atoms. The van der Waals surface area contributed by atoms with E-state index in [2.05, 4.69) is 50.8 Å². The molecule has 7 heteroatoms. The van der Waals surface area contributed by atoms with Crippen molar-refractivity contribution in [3.63, 3.8) is 0 Å². The first kappa shape index (κ1) is 16.5. The number of piperazine rings is 1. The van der Waals surface area contributed by atoms with Gasteiger partial charge in [-0.1, -0.05) is 0 Å². The number of aromatic nitrogens is 2. The lowest BCUT2D eigenvalue weighted by Gasteiger charge is -2.34. The summed E-state index contributed by atoms with van der Waals surface area (Å²) < 4.78 is 0. The first-order valence-corrected chi connectivity index (χ1v) is 7.76. The third-order valence-corrected chi connectivity index (χ3v) is 3.41. The van der Waals surface area contributed by atoms with Gasteiger partial charge in [0.05, 0.1) is 6.54 Å². The van der Waals surface area contributed by atoms with Crippen LogP contribution in [-0.2, 0) is 0 Å². The quantitative estimate of drug-likeness (QED) is 0.615. The molecular weight excluding hydrogens is 278 g/mol. The molecule has 1 aromatic heterocycles. The number of nitrogens with one attached hydrogen (secondary N) is 1. The van der Waals surface area contributed by atoms with Crippen LogP contribution in [0.3, 0.4) is 0 Å². The number of nitrogens with zero attached hydrogens (tertiary/aromatic N) is 5. The summed E-state index contributed by atoms with van der Waals surface area (Å²) in [7, 11) is 0. The second-order valence-corrected chi connectivity index (χ2v) is 6.52. The number of anilines is 1. The Morgan fingerprint density at radius 1 is 1.23 bits per heavy atom. The van der Waals surface area contributed by atoms with E-state index in [1.54, 1.807) is 12.4 Å². The summed E-state index contributed by atoms with van der Waals surface area (Å²) >= 11 is 0. The predicted octanol–water partition coefficient (Wildman–Crippen LogP) is 0.301. The van der Waals surface area contributed by atoms with Gasteiger partial charge in [0, 0.05) is 50.7 Å². The van der Waals surface area contributed by atoms with Crippen molar-refractivity contribution in [1.29, 1.82) is 0 Å². The van der Waals surface area contributed by atoms with Crippen molar-refractivity contribution in [1.82, 2.24) is 20.2 Å². The lowest BCUT2D eigenvalue weighted by molar-refractivity contribution is 0.263. The Kier molecular flexibility index (Phi) is 5.54.